The van der Waals surface area contributed by atoms with E-state index in [1.54, 1.807) is 13.8 Å². The van der Waals surface area contributed by atoms with Gasteiger partial charge in [0.05, 0.1) is 6.61 Å². The molecule has 1 N–H and O–H groups in total. The standard InChI is InChI=1S/C14H20N4O4/c1-5-22-11(19)7-6-9(2)16-12-10(8-15)13(20)18(4)14(21)17(12)3/h9,16H,5-7H2,1-4H3. The maximum absolute atomic E-state index is 11.9. The summed E-state index contributed by atoms with van der Waals surface area (Å²) in [5.41, 5.74) is -1.30. The Hall–Kier alpha value is -2.56. The number of esters is 1. The first-order chi connectivity index (χ1) is 10.3. The molecule has 0 saturated heterocycles. The highest BCUT2D eigenvalue weighted by atomic mass is 16.5. The van der Waals surface area contributed by atoms with E-state index in [1.807, 2.05) is 6.07 Å². The van der Waals surface area contributed by atoms with Crippen LogP contribution in [0.2, 0.25) is 0 Å². The van der Waals surface area contributed by atoms with Crippen LogP contribution >= 0.6 is 0 Å². The second-order valence-corrected chi connectivity index (χ2v) is 4.93. The Morgan fingerprint density at radius 1 is 1.36 bits per heavy atom. The van der Waals surface area contributed by atoms with Crippen molar-refractivity contribution in [1.82, 2.24) is 9.13 Å². The summed E-state index contributed by atoms with van der Waals surface area (Å²) in [5, 5.41) is 12.1. The molecule has 0 radical (unpaired) electrons. The highest BCUT2D eigenvalue weighted by Crippen LogP contribution is 2.11. The molecule has 0 aliphatic rings. The molecule has 1 aromatic rings. The zero-order chi connectivity index (χ0) is 16.9. The molecule has 1 aromatic heterocycles. The van der Waals surface area contributed by atoms with Gasteiger partial charge < -0.3 is 10.1 Å². The number of aromatic nitrogens is 2. The lowest BCUT2D eigenvalue weighted by Gasteiger charge is -2.18. The van der Waals surface area contributed by atoms with E-state index in [9.17, 15) is 14.4 Å². The van der Waals surface area contributed by atoms with Crippen molar-refractivity contribution in [3.8, 4) is 6.07 Å². The van der Waals surface area contributed by atoms with Crippen LogP contribution in [0.3, 0.4) is 0 Å². The van der Waals surface area contributed by atoms with Gasteiger partial charge in [0.1, 0.15) is 11.9 Å². The summed E-state index contributed by atoms with van der Waals surface area (Å²) in [6.07, 6.45) is 0.662. The van der Waals surface area contributed by atoms with E-state index in [2.05, 4.69) is 5.32 Å². The zero-order valence-electron chi connectivity index (χ0n) is 13.2. The van der Waals surface area contributed by atoms with E-state index < -0.39 is 11.2 Å². The second-order valence-electron chi connectivity index (χ2n) is 4.93. The Labute approximate surface area is 127 Å². The third kappa shape index (κ3) is 3.75. The summed E-state index contributed by atoms with van der Waals surface area (Å²) < 4.78 is 6.93. The number of nitriles is 1. The highest BCUT2D eigenvalue weighted by Gasteiger charge is 2.17. The molecule has 0 fully saturated rings. The Morgan fingerprint density at radius 2 is 2.00 bits per heavy atom. The lowest BCUT2D eigenvalue weighted by Crippen LogP contribution is -2.40. The van der Waals surface area contributed by atoms with Crippen LogP contribution < -0.4 is 16.6 Å². The minimum absolute atomic E-state index is 0.132. The molecule has 0 bridgehead atoms. The quantitative estimate of drug-likeness (QED) is 0.747. The first-order valence-corrected chi connectivity index (χ1v) is 6.95. The summed E-state index contributed by atoms with van der Waals surface area (Å²) in [7, 11) is 2.79. The Kier molecular flexibility index (Phi) is 5.92. The fraction of sp³-hybridized carbons (Fsp3) is 0.571. The number of ether oxygens (including phenoxy) is 1. The Morgan fingerprint density at radius 3 is 2.55 bits per heavy atom. The molecule has 8 heteroatoms. The van der Waals surface area contributed by atoms with Crippen molar-refractivity contribution in [2.24, 2.45) is 14.1 Å². The first kappa shape index (κ1) is 17.5. The van der Waals surface area contributed by atoms with Gasteiger partial charge in [-0.15, -0.1) is 0 Å². The lowest BCUT2D eigenvalue weighted by molar-refractivity contribution is -0.143. The van der Waals surface area contributed by atoms with E-state index in [0.717, 1.165) is 4.57 Å². The summed E-state index contributed by atoms with van der Waals surface area (Å²) in [6, 6.07) is 1.60. The molecular weight excluding hydrogens is 288 g/mol. The number of nitrogens with one attached hydrogen (secondary N) is 1. The third-order valence-electron chi connectivity index (χ3n) is 3.25. The molecule has 0 aromatic carbocycles. The smallest absolute Gasteiger partial charge is 0.332 e. The molecular formula is C14H20N4O4. The monoisotopic (exact) mass is 308 g/mol. The fourth-order valence-corrected chi connectivity index (χ4v) is 1.99. The minimum Gasteiger partial charge on any atom is -0.466 e. The predicted octanol–water partition coefficient (Wildman–Crippen LogP) is 0.0994. The van der Waals surface area contributed by atoms with E-state index >= 15 is 0 Å². The van der Waals surface area contributed by atoms with Gasteiger partial charge in [-0.05, 0) is 20.3 Å². The molecule has 1 unspecified atom stereocenters. The Bertz CT molecular complexity index is 711. The fourth-order valence-electron chi connectivity index (χ4n) is 1.99. The molecule has 120 valence electrons. The molecule has 1 rings (SSSR count). The van der Waals surface area contributed by atoms with Gasteiger partial charge in [0.2, 0.25) is 0 Å². The second kappa shape index (κ2) is 7.45. The van der Waals surface area contributed by atoms with E-state index in [4.69, 9.17) is 10.00 Å². The first-order valence-electron chi connectivity index (χ1n) is 6.95. The van der Waals surface area contributed by atoms with Crippen molar-refractivity contribution in [3.05, 3.63) is 26.4 Å². The summed E-state index contributed by atoms with van der Waals surface area (Å²) in [4.78, 5) is 35.2. The van der Waals surface area contributed by atoms with Crippen LogP contribution in [-0.4, -0.2) is 27.8 Å². The van der Waals surface area contributed by atoms with Crippen LogP contribution in [-0.2, 0) is 23.6 Å². The van der Waals surface area contributed by atoms with Gasteiger partial charge in [-0.3, -0.25) is 18.7 Å². The third-order valence-corrected chi connectivity index (χ3v) is 3.25. The van der Waals surface area contributed by atoms with E-state index in [1.165, 1.54) is 18.7 Å². The average molecular weight is 308 g/mol. The maximum atomic E-state index is 11.9. The lowest BCUT2D eigenvalue weighted by atomic mass is 10.1. The molecule has 0 aliphatic heterocycles. The van der Waals surface area contributed by atoms with Crippen LogP contribution in [0.4, 0.5) is 5.82 Å². The van der Waals surface area contributed by atoms with Crippen molar-refractivity contribution in [2.75, 3.05) is 11.9 Å². The maximum Gasteiger partial charge on any atom is 0.332 e. The van der Waals surface area contributed by atoms with Crippen molar-refractivity contribution in [1.29, 1.82) is 5.26 Å². The van der Waals surface area contributed by atoms with Crippen LogP contribution in [0.1, 0.15) is 32.3 Å². The number of carbonyl (C=O) groups excluding carboxylic acids is 1. The van der Waals surface area contributed by atoms with Gasteiger partial charge in [-0.2, -0.15) is 5.26 Å². The van der Waals surface area contributed by atoms with Gasteiger partial charge in [0.25, 0.3) is 5.56 Å². The molecule has 8 nitrogen and oxygen atoms in total. The van der Waals surface area contributed by atoms with Crippen molar-refractivity contribution in [3.63, 3.8) is 0 Å². The van der Waals surface area contributed by atoms with E-state index in [0.29, 0.717) is 13.0 Å². The average Bonchev–Trinajstić information content (AvgIpc) is 2.49. The molecule has 22 heavy (non-hydrogen) atoms. The topological polar surface area (TPSA) is 106 Å². The Balaban J connectivity index is 2.99. The number of anilines is 1. The molecule has 0 spiro atoms. The summed E-state index contributed by atoms with van der Waals surface area (Å²) in [5.74, 6) is -0.151. The summed E-state index contributed by atoms with van der Waals surface area (Å²) in [6.45, 7) is 3.85. The van der Waals surface area contributed by atoms with Crippen molar-refractivity contribution >= 4 is 11.8 Å². The van der Waals surface area contributed by atoms with Gasteiger partial charge in [-0.25, -0.2) is 4.79 Å². The number of nitrogens with zero attached hydrogens (tertiary/aromatic N) is 3. The van der Waals surface area contributed by atoms with Crippen LogP contribution in [0, 0.1) is 11.3 Å². The van der Waals surface area contributed by atoms with Gasteiger partial charge in [0, 0.05) is 26.6 Å². The molecule has 0 amide bonds. The van der Waals surface area contributed by atoms with Gasteiger partial charge in [-0.1, -0.05) is 0 Å². The normalized spacial score (nSPS) is 11.6. The van der Waals surface area contributed by atoms with Crippen molar-refractivity contribution in [2.45, 2.75) is 32.7 Å². The molecule has 0 saturated carbocycles. The zero-order valence-corrected chi connectivity index (χ0v) is 13.2. The molecule has 1 heterocycles. The number of rotatable bonds is 6. The van der Waals surface area contributed by atoms with Crippen LogP contribution in [0.15, 0.2) is 9.59 Å². The van der Waals surface area contributed by atoms with Gasteiger partial charge >= 0.3 is 11.7 Å². The molecule has 1 atom stereocenters. The SMILES string of the molecule is CCOC(=O)CCC(C)Nc1c(C#N)c(=O)n(C)c(=O)n1C. The van der Waals surface area contributed by atoms with E-state index in [-0.39, 0.29) is 29.8 Å². The summed E-state index contributed by atoms with van der Waals surface area (Å²) >= 11 is 0. The van der Waals surface area contributed by atoms with Crippen LogP contribution in [0.5, 0.6) is 0 Å². The number of carbonyl (C=O) groups is 1. The largest absolute Gasteiger partial charge is 0.466 e. The number of hydrogen-bond acceptors (Lipinski definition) is 6. The highest BCUT2D eigenvalue weighted by molar-refractivity contribution is 5.69. The number of hydrogen-bond donors (Lipinski definition) is 1. The minimum atomic E-state index is -0.648. The van der Waals surface area contributed by atoms with Crippen molar-refractivity contribution < 1.29 is 9.53 Å². The molecule has 0 aliphatic carbocycles. The van der Waals surface area contributed by atoms with Gasteiger partial charge in [0.15, 0.2) is 5.56 Å². The predicted molar refractivity (Wildman–Crippen MR) is 80.6 cm³/mol. The van der Waals surface area contributed by atoms with Crippen LogP contribution in [0.25, 0.3) is 0 Å².